The summed E-state index contributed by atoms with van der Waals surface area (Å²) < 4.78 is 6.04. The molecular formula is C21H27N5O2. The largest absolute Gasteiger partial charge is 0.474 e. The molecule has 1 saturated heterocycles. The van der Waals surface area contributed by atoms with E-state index >= 15 is 0 Å². The van der Waals surface area contributed by atoms with Gasteiger partial charge in [0.2, 0.25) is 5.88 Å². The smallest absolute Gasteiger partial charge is 0.319 e. The minimum absolute atomic E-state index is 0.237. The molecule has 2 fully saturated rings. The predicted octanol–water partition coefficient (Wildman–Crippen LogP) is 3.72. The van der Waals surface area contributed by atoms with Gasteiger partial charge in [0.15, 0.2) is 5.82 Å². The molecular weight excluding hydrogens is 354 g/mol. The van der Waals surface area contributed by atoms with Gasteiger partial charge in [-0.2, -0.15) is 0 Å². The molecule has 1 aliphatic carbocycles. The van der Waals surface area contributed by atoms with E-state index in [9.17, 15) is 4.79 Å². The maximum absolute atomic E-state index is 12.5. The summed E-state index contributed by atoms with van der Waals surface area (Å²) in [5, 5.41) is 5.85. The number of ether oxygens (including phenoxy) is 1. The molecule has 2 amide bonds. The summed E-state index contributed by atoms with van der Waals surface area (Å²) in [4.78, 5) is 23.5. The Morgan fingerprint density at radius 3 is 2.64 bits per heavy atom. The molecule has 28 heavy (non-hydrogen) atoms. The van der Waals surface area contributed by atoms with Crippen LogP contribution in [0, 0.1) is 0 Å². The van der Waals surface area contributed by atoms with Crippen LogP contribution in [0.15, 0.2) is 36.7 Å². The fraction of sp³-hybridized carbons (Fsp3) is 0.476. The first kappa shape index (κ1) is 18.5. The van der Waals surface area contributed by atoms with Gasteiger partial charge in [-0.05, 0) is 56.7 Å². The average Bonchev–Trinajstić information content (AvgIpc) is 3.42. The van der Waals surface area contributed by atoms with Crippen molar-refractivity contribution in [3.63, 3.8) is 0 Å². The molecule has 3 heterocycles. The number of nitrogens with zero attached hydrogens (tertiary/aromatic N) is 3. The van der Waals surface area contributed by atoms with E-state index in [2.05, 4.69) is 25.5 Å². The second kappa shape index (κ2) is 8.91. The molecule has 7 nitrogen and oxygen atoms in total. The van der Waals surface area contributed by atoms with E-state index < -0.39 is 0 Å². The number of carbonyl (C=O) groups is 1. The fourth-order valence-corrected chi connectivity index (χ4v) is 3.85. The lowest BCUT2D eigenvalue weighted by Gasteiger charge is -2.20. The fourth-order valence-electron chi connectivity index (χ4n) is 3.85. The molecule has 7 heteroatoms. The van der Waals surface area contributed by atoms with Crippen LogP contribution < -0.4 is 20.3 Å². The number of nitrogens with one attached hydrogen (secondary N) is 2. The Balaban J connectivity index is 1.36. The van der Waals surface area contributed by atoms with Crippen LogP contribution in [0.5, 0.6) is 5.88 Å². The number of aromatic nitrogens is 2. The number of amides is 2. The zero-order valence-corrected chi connectivity index (χ0v) is 16.1. The summed E-state index contributed by atoms with van der Waals surface area (Å²) in [5.41, 5.74) is 1.62. The van der Waals surface area contributed by atoms with E-state index in [0.29, 0.717) is 12.4 Å². The van der Waals surface area contributed by atoms with E-state index in [4.69, 9.17) is 4.74 Å². The van der Waals surface area contributed by atoms with Gasteiger partial charge in [-0.3, -0.25) is 0 Å². The molecule has 148 valence electrons. The number of urea groups is 1. The van der Waals surface area contributed by atoms with E-state index in [0.717, 1.165) is 55.8 Å². The Kier molecular flexibility index (Phi) is 5.89. The van der Waals surface area contributed by atoms with Crippen molar-refractivity contribution in [2.75, 3.05) is 23.3 Å². The van der Waals surface area contributed by atoms with Crippen molar-refractivity contribution < 1.29 is 9.53 Å². The van der Waals surface area contributed by atoms with Crippen LogP contribution in [-0.2, 0) is 6.54 Å². The minimum atomic E-state index is -0.260. The second-order valence-corrected chi connectivity index (χ2v) is 7.37. The summed E-state index contributed by atoms with van der Waals surface area (Å²) in [6, 6.07) is 7.27. The molecule has 2 aromatic heterocycles. The number of carbonyl (C=O) groups excluding carboxylic acids is 1. The number of pyridine rings is 2. The lowest BCUT2D eigenvalue weighted by atomic mass is 10.2. The average molecular weight is 381 g/mol. The van der Waals surface area contributed by atoms with Crippen molar-refractivity contribution in [1.29, 1.82) is 0 Å². The molecule has 1 saturated carbocycles. The SMILES string of the molecule is O=C(NCc1cccnc1OC1CCCC1)Nc1cccnc1N1CCCC1. The normalized spacial score (nSPS) is 16.9. The molecule has 0 radical (unpaired) electrons. The van der Waals surface area contributed by atoms with Crippen molar-refractivity contribution in [1.82, 2.24) is 15.3 Å². The number of hydrogen-bond donors (Lipinski definition) is 2. The topological polar surface area (TPSA) is 79.4 Å². The standard InChI is InChI=1S/C21H27N5O2/c27-21(25-18-10-6-11-22-19(18)26-13-3-4-14-26)24-15-16-7-5-12-23-20(16)28-17-8-1-2-9-17/h5-7,10-12,17H,1-4,8-9,13-15H2,(H2,24,25,27). The van der Waals surface area contributed by atoms with Crippen molar-refractivity contribution in [2.45, 2.75) is 51.2 Å². The van der Waals surface area contributed by atoms with Gasteiger partial charge in [-0.15, -0.1) is 0 Å². The quantitative estimate of drug-likeness (QED) is 0.797. The van der Waals surface area contributed by atoms with Crippen LogP contribution >= 0.6 is 0 Å². The van der Waals surface area contributed by atoms with Gasteiger partial charge in [0.05, 0.1) is 5.69 Å². The Morgan fingerprint density at radius 2 is 1.82 bits per heavy atom. The van der Waals surface area contributed by atoms with Gasteiger partial charge < -0.3 is 20.3 Å². The predicted molar refractivity (Wildman–Crippen MR) is 109 cm³/mol. The Morgan fingerprint density at radius 1 is 1.07 bits per heavy atom. The van der Waals surface area contributed by atoms with E-state index in [1.54, 1.807) is 12.4 Å². The van der Waals surface area contributed by atoms with Crippen molar-refractivity contribution in [2.24, 2.45) is 0 Å². The summed E-state index contributed by atoms with van der Waals surface area (Å²) in [6.07, 6.45) is 10.6. The lowest BCUT2D eigenvalue weighted by Crippen LogP contribution is -2.30. The highest BCUT2D eigenvalue weighted by atomic mass is 16.5. The number of hydrogen-bond acceptors (Lipinski definition) is 5. The molecule has 2 N–H and O–H groups in total. The van der Waals surface area contributed by atoms with Gasteiger partial charge in [0, 0.05) is 37.6 Å². The number of rotatable bonds is 6. The third-order valence-corrected chi connectivity index (χ3v) is 5.31. The van der Waals surface area contributed by atoms with Gasteiger partial charge in [-0.1, -0.05) is 6.07 Å². The molecule has 2 aliphatic rings. The Hall–Kier alpha value is -2.83. The first-order chi connectivity index (χ1) is 13.8. The van der Waals surface area contributed by atoms with Gasteiger partial charge in [-0.25, -0.2) is 14.8 Å². The van der Waals surface area contributed by atoms with Crippen LogP contribution in [0.4, 0.5) is 16.3 Å². The van der Waals surface area contributed by atoms with Crippen LogP contribution in [0.3, 0.4) is 0 Å². The highest BCUT2D eigenvalue weighted by molar-refractivity contribution is 5.92. The first-order valence-corrected chi connectivity index (χ1v) is 10.1. The molecule has 1 aliphatic heterocycles. The third kappa shape index (κ3) is 4.52. The minimum Gasteiger partial charge on any atom is -0.474 e. The first-order valence-electron chi connectivity index (χ1n) is 10.1. The number of anilines is 2. The molecule has 0 spiro atoms. The summed E-state index contributed by atoms with van der Waals surface area (Å²) in [5.74, 6) is 1.45. The monoisotopic (exact) mass is 381 g/mol. The summed E-state index contributed by atoms with van der Waals surface area (Å²) in [7, 11) is 0. The van der Waals surface area contributed by atoms with E-state index in [1.807, 2.05) is 24.3 Å². The van der Waals surface area contributed by atoms with Crippen LogP contribution in [0.1, 0.15) is 44.1 Å². The molecule has 2 aromatic rings. The highest BCUT2D eigenvalue weighted by Crippen LogP contribution is 2.27. The van der Waals surface area contributed by atoms with Gasteiger partial charge in [0.25, 0.3) is 0 Å². The Labute approximate surface area is 165 Å². The Bertz CT molecular complexity index is 801. The summed E-state index contributed by atoms with van der Waals surface area (Å²) in [6.45, 7) is 2.32. The third-order valence-electron chi connectivity index (χ3n) is 5.31. The molecule has 4 rings (SSSR count). The maximum Gasteiger partial charge on any atom is 0.319 e. The maximum atomic E-state index is 12.5. The van der Waals surface area contributed by atoms with Crippen molar-refractivity contribution >= 4 is 17.5 Å². The van der Waals surface area contributed by atoms with Crippen molar-refractivity contribution in [3.8, 4) is 5.88 Å². The molecule has 0 bridgehead atoms. The van der Waals surface area contributed by atoms with Crippen LogP contribution in [-0.4, -0.2) is 35.2 Å². The van der Waals surface area contributed by atoms with Crippen molar-refractivity contribution in [3.05, 3.63) is 42.2 Å². The summed E-state index contributed by atoms with van der Waals surface area (Å²) >= 11 is 0. The van der Waals surface area contributed by atoms with Crippen LogP contribution in [0.2, 0.25) is 0 Å². The van der Waals surface area contributed by atoms with E-state index in [1.165, 1.54) is 12.8 Å². The second-order valence-electron chi connectivity index (χ2n) is 7.37. The zero-order valence-electron chi connectivity index (χ0n) is 16.1. The molecule has 0 unspecified atom stereocenters. The van der Waals surface area contributed by atoms with Gasteiger partial charge in [0.1, 0.15) is 6.10 Å². The van der Waals surface area contributed by atoms with E-state index in [-0.39, 0.29) is 12.1 Å². The highest BCUT2D eigenvalue weighted by Gasteiger charge is 2.20. The van der Waals surface area contributed by atoms with Gasteiger partial charge >= 0.3 is 6.03 Å². The zero-order chi connectivity index (χ0) is 19.2. The molecule has 0 atom stereocenters. The lowest BCUT2D eigenvalue weighted by molar-refractivity contribution is 0.199. The van der Waals surface area contributed by atoms with Crippen LogP contribution in [0.25, 0.3) is 0 Å². The molecule has 0 aromatic carbocycles.